The molecule has 126 valence electrons. The van der Waals surface area contributed by atoms with Crippen molar-refractivity contribution in [2.75, 3.05) is 11.9 Å². The summed E-state index contributed by atoms with van der Waals surface area (Å²) in [6.07, 6.45) is -1.30. The molecular formula is C14H18F3N5O. The average molecular weight is 329 g/mol. The number of aryl methyl sites for hydroxylation is 3. The maximum atomic E-state index is 13.4. The van der Waals surface area contributed by atoms with Crippen LogP contribution in [0, 0.1) is 13.8 Å². The standard InChI is InChI=1S/C14H18F3N5O/c1-9-8-20-10(2)11(21-9)18-5-4-13(23,14(15,16)17)12-19-6-7-22(12)3/h6-8,23H,4-5H2,1-3H3,(H,18,21). The predicted octanol–water partition coefficient (Wildman–Crippen LogP) is 2.08. The van der Waals surface area contributed by atoms with Gasteiger partial charge in [-0.05, 0) is 13.8 Å². The first kappa shape index (κ1) is 17.2. The zero-order valence-corrected chi connectivity index (χ0v) is 13.0. The van der Waals surface area contributed by atoms with E-state index in [0.29, 0.717) is 17.2 Å². The minimum Gasteiger partial charge on any atom is -0.374 e. The number of hydrogen-bond donors (Lipinski definition) is 2. The molecule has 9 heteroatoms. The highest BCUT2D eigenvalue weighted by Crippen LogP contribution is 2.40. The highest BCUT2D eigenvalue weighted by molar-refractivity contribution is 5.39. The van der Waals surface area contributed by atoms with Gasteiger partial charge in [-0.25, -0.2) is 9.97 Å². The van der Waals surface area contributed by atoms with Crippen LogP contribution in [0.15, 0.2) is 18.6 Å². The van der Waals surface area contributed by atoms with Crippen molar-refractivity contribution >= 4 is 5.82 Å². The molecule has 2 N–H and O–H groups in total. The van der Waals surface area contributed by atoms with Crippen LogP contribution in [0.5, 0.6) is 0 Å². The molecule has 2 aromatic rings. The zero-order chi connectivity index (χ0) is 17.3. The molecule has 0 aliphatic rings. The van der Waals surface area contributed by atoms with Gasteiger partial charge in [0, 0.05) is 38.6 Å². The number of aliphatic hydroxyl groups is 1. The molecule has 2 heterocycles. The molecule has 0 fully saturated rings. The topological polar surface area (TPSA) is 75.9 Å². The quantitative estimate of drug-likeness (QED) is 0.878. The number of imidazole rings is 1. The first-order chi connectivity index (χ1) is 10.6. The summed E-state index contributed by atoms with van der Waals surface area (Å²) in [6, 6.07) is 0. The van der Waals surface area contributed by atoms with Crippen LogP contribution in [-0.2, 0) is 12.6 Å². The van der Waals surface area contributed by atoms with Crippen LogP contribution in [0.4, 0.5) is 19.0 Å². The number of nitrogens with one attached hydrogen (secondary N) is 1. The minimum absolute atomic E-state index is 0.137. The molecular weight excluding hydrogens is 311 g/mol. The van der Waals surface area contributed by atoms with Gasteiger partial charge in [0.15, 0.2) is 0 Å². The number of anilines is 1. The van der Waals surface area contributed by atoms with E-state index in [2.05, 4.69) is 20.3 Å². The van der Waals surface area contributed by atoms with Crippen molar-refractivity contribution in [1.29, 1.82) is 0 Å². The SMILES string of the molecule is Cc1cnc(C)c(NCCC(O)(c2nccn2C)C(F)(F)F)n1. The van der Waals surface area contributed by atoms with E-state index in [4.69, 9.17) is 0 Å². The molecule has 2 aromatic heterocycles. The maximum absolute atomic E-state index is 13.4. The van der Waals surface area contributed by atoms with Crippen molar-refractivity contribution in [3.63, 3.8) is 0 Å². The molecule has 0 radical (unpaired) electrons. The Balaban J connectivity index is 2.17. The predicted molar refractivity (Wildman–Crippen MR) is 77.8 cm³/mol. The Bertz CT molecular complexity index is 685. The second-order valence-electron chi connectivity index (χ2n) is 5.34. The van der Waals surface area contributed by atoms with Crippen molar-refractivity contribution in [2.45, 2.75) is 32.0 Å². The van der Waals surface area contributed by atoms with Crippen molar-refractivity contribution in [1.82, 2.24) is 19.5 Å². The van der Waals surface area contributed by atoms with Gasteiger partial charge in [-0.1, -0.05) is 0 Å². The van der Waals surface area contributed by atoms with Crippen LogP contribution in [0.25, 0.3) is 0 Å². The number of halogens is 3. The molecule has 23 heavy (non-hydrogen) atoms. The fraction of sp³-hybridized carbons (Fsp3) is 0.500. The van der Waals surface area contributed by atoms with Crippen LogP contribution in [0.3, 0.4) is 0 Å². The first-order valence-electron chi connectivity index (χ1n) is 6.96. The summed E-state index contributed by atoms with van der Waals surface area (Å²) in [5.41, 5.74) is -1.82. The molecule has 2 rings (SSSR count). The van der Waals surface area contributed by atoms with E-state index in [1.165, 1.54) is 19.4 Å². The average Bonchev–Trinajstić information content (AvgIpc) is 2.88. The third kappa shape index (κ3) is 3.44. The fourth-order valence-electron chi connectivity index (χ4n) is 2.21. The molecule has 0 amide bonds. The van der Waals surface area contributed by atoms with Crippen LogP contribution in [-0.4, -0.2) is 37.3 Å². The molecule has 1 unspecified atom stereocenters. The van der Waals surface area contributed by atoms with Crippen LogP contribution >= 0.6 is 0 Å². The molecule has 0 spiro atoms. The fourth-order valence-corrected chi connectivity index (χ4v) is 2.21. The molecule has 0 aliphatic heterocycles. The number of aromatic nitrogens is 4. The lowest BCUT2D eigenvalue weighted by molar-refractivity contribution is -0.271. The van der Waals surface area contributed by atoms with Crippen LogP contribution in [0.1, 0.15) is 23.6 Å². The first-order valence-corrected chi connectivity index (χ1v) is 6.96. The normalized spacial score (nSPS) is 14.6. The highest BCUT2D eigenvalue weighted by Gasteiger charge is 2.57. The van der Waals surface area contributed by atoms with Crippen molar-refractivity contribution in [2.24, 2.45) is 7.05 Å². The van der Waals surface area contributed by atoms with Crippen LogP contribution in [0.2, 0.25) is 0 Å². The molecule has 0 saturated heterocycles. The van der Waals surface area contributed by atoms with Gasteiger partial charge in [-0.15, -0.1) is 0 Å². The van der Waals surface area contributed by atoms with Gasteiger partial charge in [0.25, 0.3) is 0 Å². The summed E-state index contributed by atoms with van der Waals surface area (Å²) >= 11 is 0. The van der Waals surface area contributed by atoms with E-state index in [9.17, 15) is 18.3 Å². The number of hydrogen-bond acceptors (Lipinski definition) is 5. The maximum Gasteiger partial charge on any atom is 0.424 e. The van der Waals surface area contributed by atoms with E-state index in [1.807, 2.05) is 0 Å². The summed E-state index contributed by atoms with van der Waals surface area (Å²) in [7, 11) is 1.41. The van der Waals surface area contributed by atoms with E-state index in [0.717, 1.165) is 4.57 Å². The molecule has 1 atom stereocenters. The van der Waals surface area contributed by atoms with Crippen LogP contribution < -0.4 is 5.32 Å². The van der Waals surface area contributed by atoms with Crippen molar-refractivity contribution < 1.29 is 18.3 Å². The molecule has 0 bridgehead atoms. The van der Waals surface area contributed by atoms with Gasteiger partial charge in [-0.3, -0.25) is 4.98 Å². The largest absolute Gasteiger partial charge is 0.424 e. The number of rotatable bonds is 5. The number of alkyl halides is 3. The Morgan fingerprint density at radius 3 is 2.52 bits per heavy atom. The van der Waals surface area contributed by atoms with Gasteiger partial charge >= 0.3 is 6.18 Å². The lowest BCUT2D eigenvalue weighted by Crippen LogP contribution is -2.45. The van der Waals surface area contributed by atoms with Gasteiger partial charge < -0.3 is 15.0 Å². The third-order valence-electron chi connectivity index (χ3n) is 3.52. The second-order valence-corrected chi connectivity index (χ2v) is 5.34. The van der Waals surface area contributed by atoms with Crippen molar-refractivity contribution in [3.8, 4) is 0 Å². The van der Waals surface area contributed by atoms with Gasteiger partial charge in [0.2, 0.25) is 5.60 Å². The smallest absolute Gasteiger partial charge is 0.374 e. The summed E-state index contributed by atoms with van der Waals surface area (Å²) in [6.45, 7) is 3.29. The Kier molecular flexibility index (Phi) is 4.60. The number of nitrogens with zero attached hydrogens (tertiary/aromatic N) is 4. The summed E-state index contributed by atoms with van der Waals surface area (Å²) in [4.78, 5) is 11.9. The Labute approximate surface area is 131 Å². The van der Waals surface area contributed by atoms with Gasteiger partial charge in [0.05, 0.1) is 11.4 Å². The Morgan fingerprint density at radius 1 is 1.26 bits per heavy atom. The minimum atomic E-state index is -4.85. The summed E-state index contributed by atoms with van der Waals surface area (Å²) in [5, 5.41) is 13.0. The molecule has 0 aliphatic carbocycles. The molecule has 0 aromatic carbocycles. The monoisotopic (exact) mass is 329 g/mol. The Hall–Kier alpha value is -2.16. The zero-order valence-electron chi connectivity index (χ0n) is 13.0. The summed E-state index contributed by atoms with van der Waals surface area (Å²) in [5.74, 6) is -0.0480. The van der Waals surface area contributed by atoms with E-state index < -0.39 is 24.0 Å². The van der Waals surface area contributed by atoms with Gasteiger partial charge in [-0.2, -0.15) is 13.2 Å². The molecule has 0 saturated carbocycles. The molecule has 6 nitrogen and oxygen atoms in total. The highest BCUT2D eigenvalue weighted by atomic mass is 19.4. The van der Waals surface area contributed by atoms with E-state index in [1.54, 1.807) is 20.0 Å². The van der Waals surface area contributed by atoms with Gasteiger partial charge in [0.1, 0.15) is 11.6 Å². The Morgan fingerprint density at radius 2 is 1.96 bits per heavy atom. The summed E-state index contributed by atoms with van der Waals surface area (Å²) < 4.78 is 41.2. The van der Waals surface area contributed by atoms with E-state index in [-0.39, 0.29) is 6.54 Å². The van der Waals surface area contributed by atoms with E-state index >= 15 is 0 Å². The lowest BCUT2D eigenvalue weighted by Gasteiger charge is -2.30. The lowest BCUT2D eigenvalue weighted by atomic mass is 9.97. The second kappa shape index (κ2) is 6.15. The third-order valence-corrected chi connectivity index (χ3v) is 3.52. The van der Waals surface area contributed by atoms with Crippen molar-refractivity contribution in [3.05, 3.63) is 35.8 Å².